The predicted octanol–water partition coefficient (Wildman–Crippen LogP) is 3.12. The summed E-state index contributed by atoms with van der Waals surface area (Å²) in [7, 11) is -3.91. The fourth-order valence-corrected chi connectivity index (χ4v) is 3.15. The van der Waals surface area contributed by atoms with Crippen LogP contribution in [0.4, 0.5) is 0 Å². The molecule has 1 aliphatic carbocycles. The van der Waals surface area contributed by atoms with Gasteiger partial charge in [0.25, 0.3) is 10.1 Å². The monoisotopic (exact) mass is 254 g/mol. The first kappa shape index (κ1) is 12.6. The van der Waals surface area contributed by atoms with Crippen LogP contribution in [0.15, 0.2) is 24.3 Å². The van der Waals surface area contributed by atoms with Gasteiger partial charge in [0, 0.05) is 0 Å². The fraction of sp³-hybridized carbons (Fsp3) is 0.538. The quantitative estimate of drug-likeness (QED) is 0.843. The second-order valence-electron chi connectivity index (χ2n) is 4.80. The third-order valence-corrected chi connectivity index (χ3v) is 4.10. The summed E-state index contributed by atoms with van der Waals surface area (Å²) >= 11 is 0. The van der Waals surface area contributed by atoms with Crippen molar-refractivity contribution < 1.29 is 13.0 Å². The maximum Gasteiger partial charge on any atom is 0.269 e. The number of hydrogen-bond donors (Lipinski definition) is 1. The van der Waals surface area contributed by atoms with Crippen LogP contribution in [0.1, 0.15) is 49.1 Å². The Morgan fingerprint density at radius 2 is 1.65 bits per heavy atom. The molecule has 0 saturated heterocycles. The van der Waals surface area contributed by atoms with Crippen molar-refractivity contribution in [1.29, 1.82) is 0 Å². The molecule has 4 heteroatoms. The van der Waals surface area contributed by atoms with E-state index in [1.165, 1.54) is 37.7 Å². The topological polar surface area (TPSA) is 54.4 Å². The molecule has 0 amide bonds. The molecule has 0 spiro atoms. The molecule has 0 atom stereocenters. The standard InChI is InChI=1S/C13H18O3S/c14-17(15,16)10-11-6-8-13(9-7-11)12-4-2-1-3-5-12/h6-9,12H,1-5,10H2,(H,14,15,16). The Bertz CT molecular complexity index is 456. The Kier molecular flexibility index (Phi) is 3.84. The molecule has 0 unspecified atom stereocenters. The second-order valence-corrected chi connectivity index (χ2v) is 6.26. The average molecular weight is 254 g/mol. The van der Waals surface area contributed by atoms with Gasteiger partial charge in [-0.15, -0.1) is 0 Å². The van der Waals surface area contributed by atoms with Crippen molar-refractivity contribution in [3.05, 3.63) is 35.4 Å². The lowest BCUT2D eigenvalue weighted by Gasteiger charge is -2.22. The van der Waals surface area contributed by atoms with Crippen molar-refractivity contribution in [2.24, 2.45) is 0 Å². The predicted molar refractivity (Wildman–Crippen MR) is 67.5 cm³/mol. The Balaban J connectivity index is 2.07. The second kappa shape index (κ2) is 5.19. The van der Waals surface area contributed by atoms with Gasteiger partial charge in [-0.2, -0.15) is 8.42 Å². The van der Waals surface area contributed by atoms with Crippen molar-refractivity contribution in [2.75, 3.05) is 0 Å². The van der Waals surface area contributed by atoms with E-state index in [4.69, 9.17) is 4.55 Å². The van der Waals surface area contributed by atoms with Gasteiger partial charge in [-0.25, -0.2) is 0 Å². The van der Waals surface area contributed by atoms with Gasteiger partial charge in [-0.1, -0.05) is 43.5 Å². The molecule has 1 fully saturated rings. The lowest BCUT2D eigenvalue weighted by molar-refractivity contribution is 0.443. The van der Waals surface area contributed by atoms with Crippen molar-refractivity contribution in [2.45, 2.75) is 43.8 Å². The SMILES string of the molecule is O=S(=O)(O)Cc1ccc(C2CCCCC2)cc1. The van der Waals surface area contributed by atoms with Gasteiger partial charge in [-0.3, -0.25) is 4.55 Å². The van der Waals surface area contributed by atoms with Gasteiger partial charge in [-0.05, 0) is 29.9 Å². The minimum Gasteiger partial charge on any atom is -0.285 e. The molecule has 0 heterocycles. The first-order valence-electron chi connectivity index (χ1n) is 6.08. The summed E-state index contributed by atoms with van der Waals surface area (Å²) in [5, 5.41) is 0. The molecule has 3 nitrogen and oxygen atoms in total. The lowest BCUT2D eigenvalue weighted by atomic mass is 9.84. The summed E-state index contributed by atoms with van der Waals surface area (Å²) in [5.74, 6) is 0.335. The van der Waals surface area contributed by atoms with Gasteiger partial charge in [0.2, 0.25) is 0 Å². The summed E-state index contributed by atoms with van der Waals surface area (Å²) in [4.78, 5) is 0. The van der Waals surface area contributed by atoms with Crippen molar-refractivity contribution in [3.8, 4) is 0 Å². The fourth-order valence-electron chi connectivity index (χ4n) is 2.53. The number of rotatable bonds is 3. The molecule has 1 aromatic rings. The number of benzene rings is 1. The zero-order chi connectivity index (χ0) is 12.3. The van der Waals surface area contributed by atoms with Crippen LogP contribution in [0.25, 0.3) is 0 Å². The Labute approximate surface area is 103 Å². The minimum absolute atomic E-state index is 0.294. The van der Waals surface area contributed by atoms with Gasteiger partial charge in [0.15, 0.2) is 0 Å². The van der Waals surface area contributed by atoms with Crippen LogP contribution in [0.3, 0.4) is 0 Å². The summed E-state index contributed by atoms with van der Waals surface area (Å²) in [6.45, 7) is 0. The summed E-state index contributed by atoms with van der Waals surface area (Å²) < 4.78 is 30.2. The van der Waals surface area contributed by atoms with Crippen LogP contribution in [0.2, 0.25) is 0 Å². The molecule has 0 aliphatic heterocycles. The van der Waals surface area contributed by atoms with Crippen LogP contribution >= 0.6 is 0 Å². The van der Waals surface area contributed by atoms with Crippen molar-refractivity contribution in [3.63, 3.8) is 0 Å². The molecule has 1 aromatic carbocycles. The van der Waals surface area contributed by atoms with E-state index in [-0.39, 0.29) is 5.75 Å². The Morgan fingerprint density at radius 1 is 1.06 bits per heavy atom. The summed E-state index contributed by atoms with van der Waals surface area (Å²) in [5.41, 5.74) is 1.94. The molecule has 0 aromatic heterocycles. The van der Waals surface area contributed by atoms with E-state index in [1.807, 2.05) is 12.1 Å². The third-order valence-electron chi connectivity index (χ3n) is 3.41. The normalized spacial score (nSPS) is 18.2. The molecule has 2 rings (SSSR count). The van der Waals surface area contributed by atoms with Gasteiger partial charge < -0.3 is 0 Å². The summed E-state index contributed by atoms with van der Waals surface area (Å²) in [6, 6.07) is 7.60. The highest BCUT2D eigenvalue weighted by Gasteiger charge is 2.15. The van der Waals surface area contributed by atoms with E-state index in [0.717, 1.165) is 0 Å². The largest absolute Gasteiger partial charge is 0.285 e. The zero-order valence-corrected chi connectivity index (χ0v) is 10.6. The minimum atomic E-state index is -3.91. The van der Waals surface area contributed by atoms with E-state index in [9.17, 15) is 8.42 Å². The van der Waals surface area contributed by atoms with Crippen LogP contribution in [0.5, 0.6) is 0 Å². The van der Waals surface area contributed by atoms with Crippen LogP contribution in [-0.4, -0.2) is 13.0 Å². The molecule has 1 saturated carbocycles. The van der Waals surface area contributed by atoms with Crippen LogP contribution < -0.4 is 0 Å². The Hall–Kier alpha value is -0.870. The highest BCUT2D eigenvalue weighted by molar-refractivity contribution is 7.85. The average Bonchev–Trinajstić information content (AvgIpc) is 2.29. The molecule has 0 radical (unpaired) electrons. The summed E-state index contributed by atoms with van der Waals surface area (Å²) in [6.07, 6.45) is 6.38. The van der Waals surface area contributed by atoms with Gasteiger partial charge >= 0.3 is 0 Å². The van der Waals surface area contributed by atoms with Crippen molar-refractivity contribution in [1.82, 2.24) is 0 Å². The van der Waals surface area contributed by atoms with E-state index >= 15 is 0 Å². The highest BCUT2D eigenvalue weighted by Crippen LogP contribution is 2.32. The smallest absolute Gasteiger partial charge is 0.269 e. The molecule has 17 heavy (non-hydrogen) atoms. The molecular weight excluding hydrogens is 236 g/mol. The molecule has 94 valence electrons. The maximum atomic E-state index is 10.7. The Morgan fingerprint density at radius 3 is 2.18 bits per heavy atom. The first-order chi connectivity index (χ1) is 8.04. The third kappa shape index (κ3) is 3.82. The van der Waals surface area contributed by atoms with E-state index < -0.39 is 10.1 Å². The lowest BCUT2D eigenvalue weighted by Crippen LogP contribution is -2.05. The van der Waals surface area contributed by atoms with Crippen LogP contribution in [0, 0.1) is 0 Å². The molecular formula is C13H18O3S. The van der Waals surface area contributed by atoms with Crippen LogP contribution in [-0.2, 0) is 15.9 Å². The zero-order valence-electron chi connectivity index (χ0n) is 9.80. The van der Waals surface area contributed by atoms with E-state index in [1.54, 1.807) is 12.1 Å². The molecule has 0 bridgehead atoms. The van der Waals surface area contributed by atoms with Gasteiger partial charge in [0.1, 0.15) is 5.75 Å². The first-order valence-corrected chi connectivity index (χ1v) is 7.69. The van der Waals surface area contributed by atoms with E-state index in [0.29, 0.717) is 11.5 Å². The maximum absolute atomic E-state index is 10.7. The van der Waals surface area contributed by atoms with Gasteiger partial charge in [0.05, 0.1) is 0 Å². The van der Waals surface area contributed by atoms with E-state index in [2.05, 4.69) is 0 Å². The molecule has 1 N–H and O–H groups in total. The molecule has 1 aliphatic rings. The number of hydrogen-bond acceptors (Lipinski definition) is 2. The highest BCUT2D eigenvalue weighted by atomic mass is 32.2. The van der Waals surface area contributed by atoms with Crippen molar-refractivity contribution >= 4 is 10.1 Å².